The molecule has 2 N–H and O–H groups in total. The molecule has 0 heterocycles. The first kappa shape index (κ1) is 16.2. The highest BCUT2D eigenvalue weighted by molar-refractivity contribution is 9.10. The van der Waals surface area contributed by atoms with Gasteiger partial charge in [0, 0.05) is 10.0 Å². The second-order valence-corrected chi connectivity index (χ2v) is 5.65. The SMILES string of the molecule is O=C(O)/C(O)=C(\CCc1ccc(Br)cc1F)c1ccccc1. The van der Waals surface area contributed by atoms with Gasteiger partial charge in [0.05, 0.1) is 0 Å². The molecule has 5 heteroatoms. The largest absolute Gasteiger partial charge is 0.502 e. The second-order valence-electron chi connectivity index (χ2n) is 4.73. The average molecular weight is 365 g/mol. The Balaban J connectivity index is 2.29. The van der Waals surface area contributed by atoms with Gasteiger partial charge in [-0.25, -0.2) is 9.18 Å². The Kier molecular flexibility index (Phi) is 5.33. The van der Waals surface area contributed by atoms with Crippen molar-refractivity contribution in [3.63, 3.8) is 0 Å². The lowest BCUT2D eigenvalue weighted by molar-refractivity contribution is -0.135. The molecule has 0 unspecified atom stereocenters. The Hall–Kier alpha value is -2.14. The van der Waals surface area contributed by atoms with E-state index in [0.29, 0.717) is 22.0 Å². The van der Waals surface area contributed by atoms with Crippen molar-refractivity contribution in [3.05, 3.63) is 75.7 Å². The minimum absolute atomic E-state index is 0.223. The molecule has 22 heavy (non-hydrogen) atoms. The Labute approximate surface area is 135 Å². The topological polar surface area (TPSA) is 57.5 Å². The molecule has 0 fully saturated rings. The summed E-state index contributed by atoms with van der Waals surface area (Å²) in [5.74, 6) is -2.46. The van der Waals surface area contributed by atoms with Gasteiger partial charge in [-0.1, -0.05) is 52.3 Å². The van der Waals surface area contributed by atoms with Gasteiger partial charge < -0.3 is 10.2 Å². The molecule has 0 aliphatic rings. The van der Waals surface area contributed by atoms with E-state index in [9.17, 15) is 14.3 Å². The predicted molar refractivity (Wildman–Crippen MR) is 86.0 cm³/mol. The van der Waals surface area contributed by atoms with Crippen LogP contribution in [0.4, 0.5) is 4.39 Å². The average Bonchev–Trinajstić information content (AvgIpc) is 2.50. The molecule has 0 radical (unpaired) electrons. The highest BCUT2D eigenvalue weighted by Crippen LogP contribution is 2.25. The van der Waals surface area contributed by atoms with Gasteiger partial charge in [-0.15, -0.1) is 0 Å². The van der Waals surface area contributed by atoms with Crippen molar-refractivity contribution in [3.8, 4) is 0 Å². The Morgan fingerprint density at radius 2 is 1.77 bits per heavy atom. The van der Waals surface area contributed by atoms with Crippen molar-refractivity contribution in [1.82, 2.24) is 0 Å². The normalized spacial score (nSPS) is 11.9. The molecule has 2 aromatic rings. The fourth-order valence-corrected chi connectivity index (χ4v) is 2.49. The number of hydrogen-bond acceptors (Lipinski definition) is 2. The standard InChI is InChI=1S/C17H14BrFO3/c18-13-8-6-12(15(19)10-13)7-9-14(16(20)17(21)22)11-4-2-1-3-5-11/h1-6,8,10,20H,7,9H2,(H,21,22)/b16-14-. The van der Waals surface area contributed by atoms with Crippen LogP contribution in [0, 0.1) is 5.82 Å². The molecule has 0 saturated carbocycles. The molecule has 3 nitrogen and oxygen atoms in total. The summed E-state index contributed by atoms with van der Waals surface area (Å²) in [6.07, 6.45) is 0.515. The van der Waals surface area contributed by atoms with E-state index in [1.54, 1.807) is 42.5 Å². The molecule has 114 valence electrons. The summed E-state index contributed by atoms with van der Waals surface area (Å²) in [6, 6.07) is 13.5. The number of aliphatic hydroxyl groups excluding tert-OH is 1. The molecule has 0 bridgehead atoms. The lowest BCUT2D eigenvalue weighted by Gasteiger charge is -2.10. The van der Waals surface area contributed by atoms with E-state index in [0.717, 1.165) is 0 Å². The van der Waals surface area contributed by atoms with E-state index in [2.05, 4.69) is 15.9 Å². The first-order chi connectivity index (χ1) is 10.5. The zero-order valence-corrected chi connectivity index (χ0v) is 13.2. The number of carboxylic acid groups (broad SMARTS) is 1. The summed E-state index contributed by atoms with van der Waals surface area (Å²) in [6.45, 7) is 0. The maximum absolute atomic E-state index is 13.8. The molecular formula is C17H14BrFO3. The first-order valence-electron chi connectivity index (χ1n) is 6.64. The van der Waals surface area contributed by atoms with Crippen LogP contribution in [0.1, 0.15) is 17.5 Å². The monoisotopic (exact) mass is 364 g/mol. The van der Waals surface area contributed by atoms with Crippen LogP contribution in [0.3, 0.4) is 0 Å². The van der Waals surface area contributed by atoms with E-state index in [1.165, 1.54) is 6.07 Å². The van der Waals surface area contributed by atoms with Crippen molar-refractivity contribution in [2.24, 2.45) is 0 Å². The van der Waals surface area contributed by atoms with Gasteiger partial charge >= 0.3 is 5.97 Å². The smallest absolute Gasteiger partial charge is 0.371 e. The number of hydrogen-bond donors (Lipinski definition) is 2. The van der Waals surface area contributed by atoms with Gasteiger partial charge in [0.25, 0.3) is 0 Å². The summed E-state index contributed by atoms with van der Waals surface area (Å²) < 4.78 is 14.5. The maximum Gasteiger partial charge on any atom is 0.371 e. The van der Waals surface area contributed by atoms with Gasteiger partial charge in [0.2, 0.25) is 5.76 Å². The second kappa shape index (κ2) is 7.22. The van der Waals surface area contributed by atoms with E-state index in [1.807, 2.05) is 0 Å². The molecule has 0 aliphatic carbocycles. The van der Waals surface area contributed by atoms with Crippen LogP contribution in [0.15, 0.2) is 58.8 Å². The third-order valence-corrected chi connectivity index (χ3v) is 3.76. The van der Waals surface area contributed by atoms with Gasteiger partial charge in [0.15, 0.2) is 0 Å². The minimum Gasteiger partial charge on any atom is -0.502 e. The van der Waals surface area contributed by atoms with Gasteiger partial charge in [-0.3, -0.25) is 0 Å². The molecule has 0 aliphatic heterocycles. The van der Waals surface area contributed by atoms with Gasteiger partial charge in [-0.2, -0.15) is 0 Å². The van der Waals surface area contributed by atoms with Gasteiger partial charge in [0.1, 0.15) is 5.82 Å². The number of allylic oxidation sites excluding steroid dienone is 1. The Morgan fingerprint density at radius 1 is 1.09 bits per heavy atom. The number of aliphatic hydroxyl groups is 1. The quantitative estimate of drug-likeness (QED) is 0.603. The minimum atomic E-state index is -1.39. The maximum atomic E-state index is 13.8. The van der Waals surface area contributed by atoms with Crippen LogP contribution in [0.2, 0.25) is 0 Å². The molecule has 0 spiro atoms. The summed E-state index contributed by atoms with van der Waals surface area (Å²) in [5.41, 5.74) is 1.37. The Bertz CT molecular complexity index is 711. The predicted octanol–water partition coefficient (Wildman–Crippen LogP) is 4.57. The number of rotatable bonds is 5. The molecular weight excluding hydrogens is 351 g/mol. The van der Waals surface area contributed by atoms with E-state index in [4.69, 9.17) is 5.11 Å². The van der Waals surface area contributed by atoms with Crippen LogP contribution in [0.5, 0.6) is 0 Å². The Morgan fingerprint density at radius 3 is 2.36 bits per heavy atom. The fraction of sp³-hybridized carbons (Fsp3) is 0.118. The first-order valence-corrected chi connectivity index (χ1v) is 7.43. The number of aliphatic carboxylic acids is 1. The molecule has 2 rings (SSSR count). The number of carboxylic acids is 1. The van der Waals surface area contributed by atoms with E-state index >= 15 is 0 Å². The lowest BCUT2D eigenvalue weighted by atomic mass is 9.97. The number of aryl methyl sites for hydroxylation is 1. The summed E-state index contributed by atoms with van der Waals surface area (Å²) >= 11 is 3.19. The molecule has 0 atom stereocenters. The molecule has 0 aromatic heterocycles. The zero-order chi connectivity index (χ0) is 16.1. The fourth-order valence-electron chi connectivity index (χ4n) is 2.15. The van der Waals surface area contributed by atoms with E-state index in [-0.39, 0.29) is 17.8 Å². The summed E-state index contributed by atoms with van der Waals surface area (Å²) in [4.78, 5) is 11.0. The number of benzene rings is 2. The highest BCUT2D eigenvalue weighted by atomic mass is 79.9. The van der Waals surface area contributed by atoms with Crippen molar-refractivity contribution in [2.75, 3.05) is 0 Å². The highest BCUT2D eigenvalue weighted by Gasteiger charge is 2.15. The van der Waals surface area contributed by atoms with Crippen LogP contribution in [-0.2, 0) is 11.2 Å². The molecule has 2 aromatic carbocycles. The number of carbonyl (C=O) groups is 1. The van der Waals surface area contributed by atoms with Crippen molar-refractivity contribution in [2.45, 2.75) is 12.8 Å². The van der Waals surface area contributed by atoms with Crippen LogP contribution in [-0.4, -0.2) is 16.2 Å². The molecule has 0 saturated heterocycles. The van der Waals surface area contributed by atoms with Crippen molar-refractivity contribution >= 4 is 27.5 Å². The van der Waals surface area contributed by atoms with Crippen molar-refractivity contribution < 1.29 is 19.4 Å². The zero-order valence-electron chi connectivity index (χ0n) is 11.6. The molecule has 0 amide bonds. The third-order valence-electron chi connectivity index (χ3n) is 3.27. The number of halogens is 2. The lowest BCUT2D eigenvalue weighted by Crippen LogP contribution is -2.05. The van der Waals surface area contributed by atoms with Crippen molar-refractivity contribution in [1.29, 1.82) is 0 Å². The van der Waals surface area contributed by atoms with Crippen LogP contribution in [0.25, 0.3) is 5.57 Å². The third kappa shape index (κ3) is 3.95. The van der Waals surface area contributed by atoms with Crippen LogP contribution < -0.4 is 0 Å². The van der Waals surface area contributed by atoms with Gasteiger partial charge in [-0.05, 0) is 36.1 Å². The summed E-state index contributed by atoms with van der Waals surface area (Å²) in [5, 5.41) is 18.8. The summed E-state index contributed by atoms with van der Waals surface area (Å²) in [7, 11) is 0. The van der Waals surface area contributed by atoms with E-state index < -0.39 is 11.7 Å². The van der Waals surface area contributed by atoms with Crippen LogP contribution >= 0.6 is 15.9 Å².